The molecule has 2 aromatic rings. The molecule has 0 saturated carbocycles. The van der Waals surface area contributed by atoms with Crippen molar-refractivity contribution < 1.29 is 17.9 Å². The Morgan fingerprint density at radius 2 is 1.92 bits per heavy atom. The standard InChI is InChI=1S/C18H19NO4S/c1-13-9-10-15(18(20)23-2)12-17(13)24(21,22)19-11-5-7-14-6-3-4-8-16(14)19/h3-4,6,8-10,12H,5,7,11H2,1-2H3. The van der Waals surface area contributed by atoms with E-state index in [0.29, 0.717) is 17.8 Å². The highest BCUT2D eigenvalue weighted by molar-refractivity contribution is 7.92. The third kappa shape index (κ3) is 2.78. The summed E-state index contributed by atoms with van der Waals surface area (Å²) in [5, 5.41) is 0. The molecule has 0 bridgehead atoms. The van der Waals surface area contributed by atoms with Crippen molar-refractivity contribution in [3.05, 3.63) is 59.2 Å². The predicted molar refractivity (Wildman–Crippen MR) is 91.8 cm³/mol. The van der Waals surface area contributed by atoms with Gasteiger partial charge >= 0.3 is 5.97 Å². The van der Waals surface area contributed by atoms with Gasteiger partial charge in [0.05, 0.1) is 23.3 Å². The minimum atomic E-state index is -3.74. The third-order valence-electron chi connectivity index (χ3n) is 4.24. The molecule has 3 rings (SSSR count). The van der Waals surface area contributed by atoms with E-state index in [-0.39, 0.29) is 10.5 Å². The molecule has 0 aliphatic carbocycles. The van der Waals surface area contributed by atoms with Crippen molar-refractivity contribution in [1.29, 1.82) is 0 Å². The summed E-state index contributed by atoms with van der Waals surface area (Å²) in [6.45, 7) is 2.16. The fourth-order valence-corrected chi connectivity index (χ4v) is 4.79. The van der Waals surface area contributed by atoms with E-state index in [1.807, 2.05) is 24.3 Å². The number of aryl methyl sites for hydroxylation is 2. The number of esters is 1. The van der Waals surface area contributed by atoms with E-state index >= 15 is 0 Å². The summed E-state index contributed by atoms with van der Waals surface area (Å²) in [5.41, 5.74) is 2.57. The van der Waals surface area contributed by atoms with Gasteiger partial charge in [0.25, 0.3) is 10.0 Å². The Labute approximate surface area is 141 Å². The molecule has 0 N–H and O–H groups in total. The summed E-state index contributed by atoms with van der Waals surface area (Å²) in [7, 11) is -2.47. The van der Waals surface area contributed by atoms with Crippen molar-refractivity contribution in [3.63, 3.8) is 0 Å². The Hall–Kier alpha value is -2.34. The van der Waals surface area contributed by atoms with Gasteiger partial charge in [-0.25, -0.2) is 13.2 Å². The van der Waals surface area contributed by atoms with Crippen LogP contribution in [0, 0.1) is 6.92 Å². The maximum Gasteiger partial charge on any atom is 0.337 e. The summed E-state index contributed by atoms with van der Waals surface area (Å²) < 4.78 is 32.6. The number of rotatable bonds is 3. The second kappa shape index (κ2) is 6.28. The van der Waals surface area contributed by atoms with Gasteiger partial charge in [-0.3, -0.25) is 4.31 Å². The van der Waals surface area contributed by atoms with Crippen LogP contribution in [0.2, 0.25) is 0 Å². The van der Waals surface area contributed by atoms with Crippen molar-refractivity contribution in [2.45, 2.75) is 24.7 Å². The number of anilines is 1. The topological polar surface area (TPSA) is 63.7 Å². The molecule has 5 nitrogen and oxygen atoms in total. The van der Waals surface area contributed by atoms with Gasteiger partial charge in [0.2, 0.25) is 0 Å². The van der Waals surface area contributed by atoms with Crippen molar-refractivity contribution in [2.24, 2.45) is 0 Å². The van der Waals surface area contributed by atoms with Crippen molar-refractivity contribution in [1.82, 2.24) is 0 Å². The third-order valence-corrected chi connectivity index (χ3v) is 6.20. The molecular formula is C18H19NO4S. The van der Waals surface area contributed by atoms with Crippen LogP contribution in [-0.4, -0.2) is 28.0 Å². The van der Waals surface area contributed by atoms with Gasteiger partial charge in [-0.15, -0.1) is 0 Å². The van der Waals surface area contributed by atoms with Gasteiger partial charge in [0.15, 0.2) is 0 Å². The Morgan fingerprint density at radius 3 is 2.67 bits per heavy atom. The average molecular weight is 345 g/mol. The molecule has 1 heterocycles. The second-order valence-corrected chi connectivity index (χ2v) is 7.61. The number of methoxy groups -OCH3 is 1. The Bertz CT molecular complexity index is 890. The van der Waals surface area contributed by atoms with Crippen molar-refractivity contribution >= 4 is 21.7 Å². The molecule has 0 aromatic heterocycles. The van der Waals surface area contributed by atoms with Gasteiger partial charge in [0.1, 0.15) is 0 Å². The van der Waals surface area contributed by atoms with E-state index in [0.717, 1.165) is 18.4 Å². The average Bonchev–Trinajstić information content (AvgIpc) is 2.60. The zero-order chi connectivity index (χ0) is 17.3. The van der Waals surface area contributed by atoms with Crippen LogP contribution < -0.4 is 4.31 Å². The molecule has 1 aliphatic heterocycles. The van der Waals surface area contributed by atoms with Gasteiger partial charge in [-0.1, -0.05) is 24.3 Å². The number of carbonyl (C=O) groups excluding carboxylic acids is 1. The SMILES string of the molecule is COC(=O)c1ccc(C)c(S(=O)(=O)N2CCCc3ccccc32)c1. The Kier molecular flexibility index (Phi) is 4.32. The molecule has 0 radical (unpaired) electrons. The number of nitrogens with zero attached hydrogens (tertiary/aromatic N) is 1. The summed E-state index contributed by atoms with van der Waals surface area (Å²) in [6, 6.07) is 12.1. The molecule has 0 amide bonds. The number of ether oxygens (including phenoxy) is 1. The number of sulfonamides is 1. The molecule has 0 unspecified atom stereocenters. The molecular weight excluding hydrogens is 326 g/mol. The molecule has 6 heteroatoms. The highest BCUT2D eigenvalue weighted by Crippen LogP contribution is 2.33. The lowest BCUT2D eigenvalue weighted by Crippen LogP contribution is -2.35. The van der Waals surface area contributed by atoms with Gasteiger partial charge < -0.3 is 4.74 Å². The number of fused-ring (bicyclic) bond motifs is 1. The lowest BCUT2D eigenvalue weighted by molar-refractivity contribution is 0.0600. The maximum atomic E-state index is 13.2. The van der Waals surface area contributed by atoms with Crippen molar-refractivity contribution in [2.75, 3.05) is 18.0 Å². The first-order valence-electron chi connectivity index (χ1n) is 7.75. The first-order chi connectivity index (χ1) is 11.4. The summed E-state index contributed by atoms with van der Waals surface area (Å²) in [6.07, 6.45) is 1.63. The van der Waals surface area contributed by atoms with Crippen LogP contribution in [0.15, 0.2) is 47.4 Å². The molecule has 0 spiro atoms. The van der Waals surface area contributed by atoms with Crippen molar-refractivity contribution in [3.8, 4) is 0 Å². The summed E-state index contributed by atoms with van der Waals surface area (Å²) in [4.78, 5) is 11.9. The molecule has 2 aromatic carbocycles. The predicted octanol–water partition coefficient (Wildman–Crippen LogP) is 2.92. The summed E-state index contributed by atoms with van der Waals surface area (Å²) in [5.74, 6) is -0.550. The fourth-order valence-electron chi connectivity index (χ4n) is 2.99. The van der Waals surface area contributed by atoms with E-state index in [2.05, 4.69) is 0 Å². The van der Waals surface area contributed by atoms with Gasteiger partial charge in [-0.05, 0) is 49.1 Å². The number of carbonyl (C=O) groups is 1. The van der Waals surface area contributed by atoms with E-state index in [1.165, 1.54) is 17.5 Å². The minimum Gasteiger partial charge on any atom is -0.465 e. The fraction of sp³-hybridized carbons (Fsp3) is 0.278. The van der Waals surface area contributed by atoms with E-state index in [1.54, 1.807) is 19.1 Å². The number of hydrogen-bond acceptors (Lipinski definition) is 4. The zero-order valence-electron chi connectivity index (χ0n) is 13.7. The van der Waals surface area contributed by atoms with E-state index in [4.69, 9.17) is 4.74 Å². The number of para-hydroxylation sites is 1. The van der Waals surface area contributed by atoms with Crippen LogP contribution in [0.5, 0.6) is 0 Å². The number of benzene rings is 2. The van der Waals surface area contributed by atoms with Gasteiger partial charge in [-0.2, -0.15) is 0 Å². The highest BCUT2D eigenvalue weighted by Gasteiger charge is 2.30. The largest absolute Gasteiger partial charge is 0.465 e. The Balaban J connectivity index is 2.11. The molecule has 126 valence electrons. The Morgan fingerprint density at radius 1 is 1.17 bits per heavy atom. The lowest BCUT2D eigenvalue weighted by atomic mass is 10.0. The van der Waals surface area contributed by atoms with E-state index in [9.17, 15) is 13.2 Å². The molecule has 0 atom stereocenters. The second-order valence-electron chi connectivity index (χ2n) is 5.78. The summed E-state index contributed by atoms with van der Waals surface area (Å²) >= 11 is 0. The van der Waals surface area contributed by atoms with Crippen LogP contribution in [0.3, 0.4) is 0 Å². The first-order valence-corrected chi connectivity index (χ1v) is 9.19. The maximum absolute atomic E-state index is 13.2. The van der Waals surface area contributed by atoms with Crippen LogP contribution in [-0.2, 0) is 21.2 Å². The quantitative estimate of drug-likeness (QED) is 0.803. The van der Waals surface area contributed by atoms with Crippen LogP contribution in [0.4, 0.5) is 5.69 Å². The normalized spacial score (nSPS) is 14.2. The smallest absolute Gasteiger partial charge is 0.337 e. The van der Waals surface area contributed by atoms with Crippen LogP contribution in [0.1, 0.15) is 27.9 Å². The molecule has 0 saturated heterocycles. The molecule has 24 heavy (non-hydrogen) atoms. The van der Waals surface area contributed by atoms with Crippen LogP contribution >= 0.6 is 0 Å². The van der Waals surface area contributed by atoms with Crippen LogP contribution in [0.25, 0.3) is 0 Å². The monoisotopic (exact) mass is 345 g/mol. The highest BCUT2D eigenvalue weighted by atomic mass is 32.2. The lowest BCUT2D eigenvalue weighted by Gasteiger charge is -2.31. The van der Waals surface area contributed by atoms with E-state index < -0.39 is 16.0 Å². The zero-order valence-corrected chi connectivity index (χ0v) is 14.5. The van der Waals surface area contributed by atoms with Gasteiger partial charge in [0, 0.05) is 6.54 Å². The minimum absolute atomic E-state index is 0.141. The molecule has 0 fully saturated rings. The number of hydrogen-bond donors (Lipinski definition) is 0. The first kappa shape index (κ1) is 16.5. The molecule has 1 aliphatic rings.